The Morgan fingerprint density at radius 3 is 3.08 bits per heavy atom. The van der Waals surface area contributed by atoms with Crippen LogP contribution in [0.2, 0.25) is 0 Å². The lowest BCUT2D eigenvalue weighted by Crippen LogP contribution is -2.08. The molecule has 1 rings (SSSR count). The third-order valence-corrected chi connectivity index (χ3v) is 2.00. The third-order valence-electron chi connectivity index (χ3n) is 2.00. The van der Waals surface area contributed by atoms with Gasteiger partial charge in [0.15, 0.2) is 6.04 Å². The molecule has 13 heavy (non-hydrogen) atoms. The summed E-state index contributed by atoms with van der Waals surface area (Å²) in [5.41, 5.74) is 6.62. The standard InChI is InChI=1S/C10H14N2O/c1-2-3-4-8-5-6-13-10(8)9(12)7-11/h5-6,9H,2-4,12H2,1H3. The van der Waals surface area contributed by atoms with Crippen LogP contribution in [0.25, 0.3) is 0 Å². The van der Waals surface area contributed by atoms with Gasteiger partial charge in [-0.3, -0.25) is 0 Å². The van der Waals surface area contributed by atoms with Gasteiger partial charge in [0.05, 0.1) is 12.3 Å². The Morgan fingerprint density at radius 2 is 2.46 bits per heavy atom. The van der Waals surface area contributed by atoms with Crippen LogP contribution in [0, 0.1) is 11.3 Å². The molecule has 0 saturated heterocycles. The molecule has 0 aliphatic carbocycles. The minimum atomic E-state index is -0.623. The van der Waals surface area contributed by atoms with Crippen molar-refractivity contribution >= 4 is 0 Å². The normalized spacial score (nSPS) is 12.4. The molecule has 0 fully saturated rings. The Kier molecular flexibility index (Phi) is 3.53. The fraction of sp³-hybridized carbons (Fsp3) is 0.500. The largest absolute Gasteiger partial charge is 0.466 e. The number of aryl methyl sites for hydroxylation is 1. The van der Waals surface area contributed by atoms with Gasteiger partial charge in [0.2, 0.25) is 0 Å². The van der Waals surface area contributed by atoms with Gasteiger partial charge in [-0.15, -0.1) is 0 Å². The quantitative estimate of drug-likeness (QED) is 0.768. The summed E-state index contributed by atoms with van der Waals surface area (Å²) in [7, 11) is 0. The van der Waals surface area contributed by atoms with Crippen molar-refractivity contribution in [2.45, 2.75) is 32.2 Å². The summed E-state index contributed by atoms with van der Waals surface area (Å²) >= 11 is 0. The van der Waals surface area contributed by atoms with Gasteiger partial charge in [-0.05, 0) is 24.5 Å². The summed E-state index contributed by atoms with van der Waals surface area (Å²) < 4.78 is 5.17. The Bertz CT molecular complexity index is 298. The molecule has 1 atom stereocenters. The molecular formula is C10H14N2O. The highest BCUT2D eigenvalue weighted by Crippen LogP contribution is 2.18. The fourth-order valence-electron chi connectivity index (χ4n) is 1.25. The van der Waals surface area contributed by atoms with Gasteiger partial charge in [0, 0.05) is 0 Å². The lowest BCUT2D eigenvalue weighted by Gasteiger charge is -2.02. The zero-order valence-electron chi connectivity index (χ0n) is 7.79. The first-order valence-corrected chi connectivity index (χ1v) is 4.51. The molecule has 1 unspecified atom stereocenters. The van der Waals surface area contributed by atoms with Crippen molar-refractivity contribution in [1.29, 1.82) is 5.26 Å². The maximum atomic E-state index is 8.62. The Balaban J connectivity index is 2.72. The van der Waals surface area contributed by atoms with E-state index in [9.17, 15) is 0 Å². The highest BCUT2D eigenvalue weighted by atomic mass is 16.3. The summed E-state index contributed by atoms with van der Waals surface area (Å²) in [4.78, 5) is 0. The van der Waals surface area contributed by atoms with Crippen molar-refractivity contribution in [3.63, 3.8) is 0 Å². The number of hydrogen-bond donors (Lipinski definition) is 1. The first-order valence-electron chi connectivity index (χ1n) is 4.51. The van der Waals surface area contributed by atoms with E-state index >= 15 is 0 Å². The molecule has 1 heterocycles. The van der Waals surface area contributed by atoms with Gasteiger partial charge in [0.1, 0.15) is 5.76 Å². The highest BCUT2D eigenvalue weighted by Gasteiger charge is 2.13. The fourth-order valence-corrected chi connectivity index (χ4v) is 1.25. The molecule has 1 aromatic rings. The molecular weight excluding hydrogens is 164 g/mol. The molecule has 0 bridgehead atoms. The van der Waals surface area contributed by atoms with Crippen LogP contribution in [0.1, 0.15) is 37.1 Å². The monoisotopic (exact) mass is 178 g/mol. The predicted octanol–water partition coefficient (Wildman–Crippen LogP) is 2.15. The molecule has 0 radical (unpaired) electrons. The van der Waals surface area contributed by atoms with Crippen LogP contribution >= 0.6 is 0 Å². The molecule has 3 nitrogen and oxygen atoms in total. The zero-order valence-corrected chi connectivity index (χ0v) is 7.79. The van der Waals surface area contributed by atoms with Crippen LogP contribution in [-0.2, 0) is 6.42 Å². The van der Waals surface area contributed by atoms with Crippen LogP contribution in [0.5, 0.6) is 0 Å². The Labute approximate surface area is 78.1 Å². The van der Waals surface area contributed by atoms with Crippen molar-refractivity contribution in [3.05, 3.63) is 23.7 Å². The molecule has 0 aliphatic heterocycles. The minimum absolute atomic E-state index is 0.621. The van der Waals surface area contributed by atoms with E-state index in [0.717, 1.165) is 24.8 Å². The lowest BCUT2D eigenvalue weighted by molar-refractivity contribution is 0.490. The molecule has 0 saturated carbocycles. The molecule has 0 spiro atoms. The maximum absolute atomic E-state index is 8.62. The maximum Gasteiger partial charge on any atom is 0.152 e. The van der Waals surface area contributed by atoms with Gasteiger partial charge in [0.25, 0.3) is 0 Å². The van der Waals surface area contributed by atoms with E-state index in [4.69, 9.17) is 15.4 Å². The zero-order chi connectivity index (χ0) is 9.68. The van der Waals surface area contributed by atoms with Crippen molar-refractivity contribution in [2.24, 2.45) is 5.73 Å². The van der Waals surface area contributed by atoms with Crippen molar-refractivity contribution in [2.75, 3.05) is 0 Å². The van der Waals surface area contributed by atoms with Crippen molar-refractivity contribution in [3.8, 4) is 6.07 Å². The summed E-state index contributed by atoms with van der Waals surface area (Å²) in [5.74, 6) is 0.621. The predicted molar refractivity (Wildman–Crippen MR) is 49.9 cm³/mol. The lowest BCUT2D eigenvalue weighted by atomic mass is 10.1. The average Bonchev–Trinajstić information content (AvgIpc) is 2.61. The van der Waals surface area contributed by atoms with E-state index < -0.39 is 6.04 Å². The summed E-state index contributed by atoms with van der Waals surface area (Å²) in [6, 6.07) is 3.24. The molecule has 0 aliphatic rings. The number of unbranched alkanes of at least 4 members (excludes halogenated alkanes) is 1. The topological polar surface area (TPSA) is 62.9 Å². The van der Waals surface area contributed by atoms with Gasteiger partial charge in [-0.1, -0.05) is 13.3 Å². The Morgan fingerprint density at radius 1 is 1.69 bits per heavy atom. The van der Waals surface area contributed by atoms with Crippen LogP contribution < -0.4 is 5.73 Å². The second-order valence-corrected chi connectivity index (χ2v) is 3.02. The van der Waals surface area contributed by atoms with Gasteiger partial charge in [-0.2, -0.15) is 5.26 Å². The summed E-state index contributed by atoms with van der Waals surface area (Å²) in [6.07, 6.45) is 4.77. The van der Waals surface area contributed by atoms with Gasteiger partial charge < -0.3 is 10.2 Å². The number of furan rings is 1. The highest BCUT2D eigenvalue weighted by molar-refractivity contribution is 5.23. The average molecular weight is 178 g/mol. The van der Waals surface area contributed by atoms with E-state index in [1.54, 1.807) is 6.26 Å². The number of rotatable bonds is 4. The summed E-state index contributed by atoms with van der Waals surface area (Å²) in [6.45, 7) is 2.13. The van der Waals surface area contributed by atoms with E-state index in [2.05, 4.69) is 6.92 Å². The first-order chi connectivity index (χ1) is 6.29. The second-order valence-electron chi connectivity index (χ2n) is 3.02. The Hall–Kier alpha value is -1.27. The molecule has 1 aromatic heterocycles. The SMILES string of the molecule is CCCCc1ccoc1C(N)C#N. The first kappa shape index (κ1) is 9.82. The van der Waals surface area contributed by atoms with E-state index in [-0.39, 0.29) is 0 Å². The van der Waals surface area contributed by atoms with Gasteiger partial charge in [-0.25, -0.2) is 0 Å². The number of nitrogens with zero attached hydrogens (tertiary/aromatic N) is 1. The summed E-state index contributed by atoms with van der Waals surface area (Å²) in [5, 5.41) is 8.62. The molecule has 0 amide bonds. The van der Waals surface area contributed by atoms with Crippen LogP contribution in [0.15, 0.2) is 16.7 Å². The van der Waals surface area contributed by atoms with E-state index in [0.29, 0.717) is 5.76 Å². The number of nitriles is 1. The van der Waals surface area contributed by atoms with Crippen LogP contribution in [0.4, 0.5) is 0 Å². The van der Waals surface area contributed by atoms with E-state index in [1.165, 1.54) is 0 Å². The van der Waals surface area contributed by atoms with E-state index in [1.807, 2.05) is 12.1 Å². The molecule has 3 heteroatoms. The van der Waals surface area contributed by atoms with Crippen molar-refractivity contribution < 1.29 is 4.42 Å². The molecule has 0 aromatic carbocycles. The number of hydrogen-bond acceptors (Lipinski definition) is 3. The second kappa shape index (κ2) is 4.68. The van der Waals surface area contributed by atoms with Crippen LogP contribution in [0.3, 0.4) is 0 Å². The molecule has 2 N–H and O–H groups in total. The minimum Gasteiger partial charge on any atom is -0.466 e. The van der Waals surface area contributed by atoms with Crippen molar-refractivity contribution in [1.82, 2.24) is 0 Å². The third kappa shape index (κ3) is 2.33. The van der Waals surface area contributed by atoms with Crippen LogP contribution in [-0.4, -0.2) is 0 Å². The van der Waals surface area contributed by atoms with Gasteiger partial charge >= 0.3 is 0 Å². The smallest absolute Gasteiger partial charge is 0.152 e. The molecule has 70 valence electrons. The number of nitrogens with two attached hydrogens (primary N) is 1.